The average Bonchev–Trinajstić information content (AvgIpc) is 1.90. The van der Waals surface area contributed by atoms with Gasteiger partial charge in [0.05, 0.1) is 0 Å². The topological polar surface area (TPSA) is 0 Å². The minimum atomic E-state index is 0.797. The van der Waals surface area contributed by atoms with Gasteiger partial charge in [0.1, 0.15) is 0 Å². The molecule has 0 radical (unpaired) electrons. The van der Waals surface area contributed by atoms with Gasteiger partial charge in [-0.1, -0.05) is 0 Å². The molecule has 0 amide bonds. The molecule has 1 aromatic rings. The monoisotopic (exact) mass is 290 g/mol. The third-order valence-corrected chi connectivity index (χ3v) is 2.87. The summed E-state index contributed by atoms with van der Waals surface area (Å²) in [5.41, 5.74) is 1.37. The Morgan fingerprint density at radius 3 is 2.12 bits per heavy atom. The van der Waals surface area contributed by atoms with Crippen LogP contribution in [0.4, 0.5) is 0 Å². The Bertz CT molecular complexity index is 171. The van der Waals surface area contributed by atoms with Crippen LogP contribution in [0.25, 0.3) is 0 Å². The second-order valence-corrected chi connectivity index (χ2v) is 3.20. The van der Waals surface area contributed by atoms with Crippen molar-refractivity contribution in [2.75, 3.05) is 0 Å². The van der Waals surface area contributed by atoms with Crippen molar-refractivity contribution in [1.29, 1.82) is 0 Å². The van der Waals surface area contributed by atoms with Crippen LogP contribution in [0.3, 0.4) is 0 Å². The van der Waals surface area contributed by atoms with Gasteiger partial charge >= 0.3 is 65.3 Å². The van der Waals surface area contributed by atoms with Crippen molar-refractivity contribution >= 4 is 9.62 Å². The molecule has 0 aliphatic rings. The molecule has 0 fully saturated rings. The summed E-state index contributed by atoms with van der Waals surface area (Å²) in [5, 5.41) is 0. The predicted molar refractivity (Wildman–Crippen MR) is 31.8 cm³/mol. The number of hydrogen-bond donors (Lipinski definition) is 0. The normalized spacial score (nSPS) is 8.25. The van der Waals surface area contributed by atoms with Gasteiger partial charge in [0, 0.05) is 0 Å². The quantitative estimate of drug-likeness (QED) is 0.660. The van der Waals surface area contributed by atoms with Gasteiger partial charge in [0.25, 0.3) is 0 Å². The molecule has 0 bridgehead atoms. The van der Waals surface area contributed by atoms with Gasteiger partial charge in [-0.05, 0) is 0 Å². The van der Waals surface area contributed by atoms with E-state index in [0.717, 1.165) is 25.4 Å². The van der Waals surface area contributed by atoms with Crippen LogP contribution >= 0.6 is 0 Å². The summed E-state index contributed by atoms with van der Waals surface area (Å²) in [6.07, 6.45) is 0. The van der Waals surface area contributed by atoms with E-state index >= 15 is 0 Å². The van der Waals surface area contributed by atoms with Crippen LogP contribution in [0, 0.1) is 0 Å². The van der Waals surface area contributed by atoms with E-state index in [1.165, 1.54) is 5.46 Å². The first kappa shape index (κ1) is 6.34. The van der Waals surface area contributed by atoms with Crippen molar-refractivity contribution in [2.24, 2.45) is 0 Å². The Balaban J connectivity index is 2.99. The maximum absolute atomic E-state index is 2.28. The molecular formula is C6H5BHg. The van der Waals surface area contributed by atoms with Crippen LogP contribution in [0.5, 0.6) is 0 Å². The van der Waals surface area contributed by atoms with Crippen molar-refractivity contribution in [2.45, 2.75) is 0 Å². The van der Waals surface area contributed by atoms with E-state index in [1.807, 2.05) is 6.07 Å². The fraction of sp³-hybridized carbons (Fsp3) is 0. The van der Waals surface area contributed by atoms with E-state index in [0.29, 0.717) is 0 Å². The van der Waals surface area contributed by atoms with E-state index in [4.69, 9.17) is 0 Å². The summed E-state index contributed by atoms with van der Waals surface area (Å²) in [4.78, 5) is 0. The Morgan fingerprint density at radius 2 is 1.75 bits per heavy atom. The fourth-order valence-electron chi connectivity index (χ4n) is 0.589. The third-order valence-electron chi connectivity index (χ3n) is 1.04. The molecule has 0 saturated heterocycles. The summed E-state index contributed by atoms with van der Waals surface area (Å²) in [5.74, 6) is 0. The molecule has 0 aliphatic heterocycles. The van der Waals surface area contributed by atoms with Gasteiger partial charge in [0.15, 0.2) is 0 Å². The zero-order valence-electron chi connectivity index (χ0n) is 4.67. The predicted octanol–water partition coefficient (Wildman–Crippen LogP) is 0.478. The average molecular weight is 289 g/mol. The standard InChI is InChI=1S/C6H5B.Hg/c7-6-4-2-1-3-5-6;/h1-5H;. The van der Waals surface area contributed by atoms with Gasteiger partial charge in [0.2, 0.25) is 0 Å². The zero-order chi connectivity index (χ0) is 5.82. The third kappa shape index (κ3) is 1.62. The van der Waals surface area contributed by atoms with Crippen LogP contribution in [0.2, 0.25) is 0 Å². The van der Waals surface area contributed by atoms with Crippen LogP contribution in [-0.2, 0) is 25.4 Å². The Morgan fingerprint density at radius 1 is 1.12 bits per heavy atom. The van der Waals surface area contributed by atoms with Crippen molar-refractivity contribution in [3.63, 3.8) is 0 Å². The summed E-state index contributed by atoms with van der Waals surface area (Å²) in [6.45, 7) is 0. The molecule has 0 aliphatic carbocycles. The Kier molecular flexibility index (Phi) is 2.60. The van der Waals surface area contributed by atoms with E-state index in [1.54, 1.807) is 0 Å². The van der Waals surface area contributed by atoms with E-state index in [9.17, 15) is 0 Å². The van der Waals surface area contributed by atoms with E-state index < -0.39 is 0 Å². The van der Waals surface area contributed by atoms with E-state index in [2.05, 4.69) is 28.4 Å². The summed E-state index contributed by atoms with van der Waals surface area (Å²) < 4.78 is 2.28. The molecule has 1 rings (SSSR count). The fourth-order valence-corrected chi connectivity index (χ4v) is 1.65. The zero-order valence-corrected chi connectivity index (χ0v) is 10.2. The second-order valence-electron chi connectivity index (χ2n) is 1.61. The van der Waals surface area contributed by atoms with Gasteiger partial charge in [-0.15, -0.1) is 0 Å². The molecule has 0 unspecified atom stereocenters. The molecule has 2 heteroatoms. The van der Waals surface area contributed by atoms with Crippen LogP contribution < -0.4 is 5.46 Å². The van der Waals surface area contributed by atoms with Crippen molar-refractivity contribution in [3.05, 3.63) is 30.3 Å². The first-order valence-electron chi connectivity index (χ1n) is 2.61. The van der Waals surface area contributed by atoms with Crippen molar-refractivity contribution in [1.82, 2.24) is 0 Å². The molecule has 34 valence electrons. The first-order valence-corrected chi connectivity index (χ1v) is 5.78. The molecular weight excluding hydrogens is 283 g/mol. The van der Waals surface area contributed by atoms with Gasteiger partial charge in [-0.25, -0.2) is 0 Å². The molecule has 0 nitrogen and oxygen atoms in total. The van der Waals surface area contributed by atoms with Crippen LogP contribution in [0.1, 0.15) is 0 Å². The van der Waals surface area contributed by atoms with Crippen LogP contribution in [0.15, 0.2) is 30.3 Å². The van der Waals surface area contributed by atoms with Gasteiger partial charge < -0.3 is 0 Å². The number of hydrogen-bond acceptors (Lipinski definition) is 0. The van der Waals surface area contributed by atoms with Crippen LogP contribution in [-0.4, -0.2) is 4.16 Å². The molecule has 0 N–H and O–H groups in total. The summed E-state index contributed by atoms with van der Waals surface area (Å²) in [7, 11) is 0. The molecule has 1 aromatic carbocycles. The molecule has 8 heavy (non-hydrogen) atoms. The van der Waals surface area contributed by atoms with E-state index in [-0.39, 0.29) is 0 Å². The molecule has 0 saturated carbocycles. The Hall–Kier alpha value is 0.220. The summed E-state index contributed by atoms with van der Waals surface area (Å²) >= 11 is 0.797. The summed E-state index contributed by atoms with van der Waals surface area (Å²) in [6, 6.07) is 10.4. The first-order chi connectivity index (χ1) is 3.93. The SMILES string of the molecule is [Hg]=[B]c1ccccc1. The van der Waals surface area contributed by atoms with Gasteiger partial charge in [-0.3, -0.25) is 0 Å². The molecule has 0 aromatic heterocycles. The van der Waals surface area contributed by atoms with Gasteiger partial charge in [-0.2, -0.15) is 0 Å². The second kappa shape index (κ2) is 3.29. The molecule has 0 spiro atoms. The molecule has 0 heterocycles. The maximum atomic E-state index is 2.28. The number of rotatable bonds is 1. The van der Waals surface area contributed by atoms with Crippen molar-refractivity contribution < 1.29 is 25.4 Å². The molecule has 0 atom stereocenters. The van der Waals surface area contributed by atoms with Crippen molar-refractivity contribution in [3.8, 4) is 0 Å². The number of benzene rings is 1. The Labute approximate surface area is 65.2 Å². The minimum absolute atomic E-state index is 0.797.